The highest BCUT2D eigenvalue weighted by molar-refractivity contribution is 5.95. The summed E-state index contributed by atoms with van der Waals surface area (Å²) in [5.74, 6) is 1.13. The summed E-state index contributed by atoms with van der Waals surface area (Å²) in [5.41, 5.74) is 2.31. The lowest BCUT2D eigenvalue weighted by Gasteiger charge is -2.46. The molecule has 2 heterocycles. The van der Waals surface area contributed by atoms with Crippen LogP contribution in [0.2, 0.25) is 0 Å². The number of nitrogens with zero attached hydrogens (tertiary/aromatic N) is 3. The molecule has 0 aromatic heterocycles. The number of hydrogen-bond acceptors (Lipinski definition) is 7. The number of rotatable bonds is 7. The maximum absolute atomic E-state index is 13.5. The fourth-order valence-corrected chi connectivity index (χ4v) is 6.15. The van der Waals surface area contributed by atoms with Crippen LogP contribution in [-0.2, 0) is 4.74 Å². The number of carbonyl (C=O) groups is 2. The molecule has 9 heteroatoms. The van der Waals surface area contributed by atoms with Gasteiger partial charge in [0.25, 0.3) is 0 Å². The van der Waals surface area contributed by atoms with E-state index in [1.165, 1.54) is 0 Å². The topological polar surface area (TPSA) is 83.6 Å². The van der Waals surface area contributed by atoms with Crippen molar-refractivity contribution in [3.63, 3.8) is 0 Å². The molecule has 4 aromatic rings. The van der Waals surface area contributed by atoms with E-state index in [-0.39, 0.29) is 18.0 Å². The number of piperazine rings is 1. The molecule has 2 atom stereocenters. The molecule has 44 heavy (non-hydrogen) atoms. The van der Waals surface area contributed by atoms with Crippen LogP contribution in [0.1, 0.15) is 16.8 Å². The second-order valence-corrected chi connectivity index (χ2v) is 11.2. The van der Waals surface area contributed by atoms with Gasteiger partial charge in [-0.2, -0.15) is 0 Å². The van der Waals surface area contributed by atoms with Crippen LogP contribution in [0.4, 0.5) is 16.2 Å². The summed E-state index contributed by atoms with van der Waals surface area (Å²) in [6.07, 6.45) is 0.218. The lowest BCUT2D eigenvalue weighted by molar-refractivity contribution is -0.0302. The monoisotopic (exact) mass is 594 g/mol. The molecule has 2 saturated heterocycles. The number of likely N-dealkylation sites (tertiary alicyclic amines) is 1. The Bertz CT molecular complexity index is 1600. The smallest absolute Gasteiger partial charge is 0.338 e. The third-order valence-electron chi connectivity index (χ3n) is 8.60. The molecule has 6 rings (SSSR count). The van der Waals surface area contributed by atoms with Gasteiger partial charge in [0, 0.05) is 50.2 Å². The highest BCUT2D eigenvalue weighted by atomic mass is 16.5. The van der Waals surface area contributed by atoms with Crippen LogP contribution in [0, 0.1) is 0 Å². The van der Waals surface area contributed by atoms with Crippen LogP contribution < -0.4 is 19.7 Å². The van der Waals surface area contributed by atoms with Gasteiger partial charge in [0.05, 0.1) is 32.4 Å². The minimum atomic E-state index is -0.480. The molecule has 0 saturated carbocycles. The first-order valence-corrected chi connectivity index (χ1v) is 15.0. The second kappa shape index (κ2) is 13.3. The van der Waals surface area contributed by atoms with E-state index in [4.69, 9.17) is 14.2 Å². The van der Waals surface area contributed by atoms with Crippen LogP contribution in [0.25, 0.3) is 10.8 Å². The molecular formula is C35H38N4O5. The second-order valence-electron chi connectivity index (χ2n) is 11.2. The number of carbonyl (C=O) groups excluding carboxylic acids is 2. The maximum Gasteiger partial charge on any atom is 0.338 e. The largest absolute Gasteiger partial charge is 0.497 e. The Morgan fingerprint density at radius 2 is 1.50 bits per heavy atom. The molecule has 4 aromatic carbocycles. The van der Waals surface area contributed by atoms with Crippen molar-refractivity contribution < 1.29 is 23.8 Å². The van der Waals surface area contributed by atoms with Gasteiger partial charge < -0.3 is 29.3 Å². The summed E-state index contributed by atoms with van der Waals surface area (Å²) in [6.45, 7) is 4.23. The van der Waals surface area contributed by atoms with Gasteiger partial charge in [-0.1, -0.05) is 36.4 Å². The third-order valence-corrected chi connectivity index (χ3v) is 8.60. The first-order valence-electron chi connectivity index (χ1n) is 15.0. The van der Waals surface area contributed by atoms with Gasteiger partial charge in [0.1, 0.15) is 17.6 Å². The quantitative estimate of drug-likeness (QED) is 0.283. The fraction of sp³-hybridized carbons (Fsp3) is 0.314. The van der Waals surface area contributed by atoms with Gasteiger partial charge in [0.2, 0.25) is 0 Å². The summed E-state index contributed by atoms with van der Waals surface area (Å²) in [4.78, 5) is 33.4. The average molecular weight is 595 g/mol. The molecule has 2 fully saturated rings. The van der Waals surface area contributed by atoms with E-state index in [0.29, 0.717) is 36.5 Å². The Morgan fingerprint density at radius 3 is 2.25 bits per heavy atom. The number of piperidine rings is 1. The number of methoxy groups -OCH3 is 2. The number of ether oxygens (including phenoxy) is 3. The predicted molar refractivity (Wildman–Crippen MR) is 172 cm³/mol. The minimum Gasteiger partial charge on any atom is -0.497 e. The summed E-state index contributed by atoms with van der Waals surface area (Å²) in [6, 6.07) is 28.7. The number of nitrogens with one attached hydrogen (secondary N) is 1. The van der Waals surface area contributed by atoms with Crippen molar-refractivity contribution in [3.05, 3.63) is 96.6 Å². The van der Waals surface area contributed by atoms with E-state index in [0.717, 1.165) is 48.4 Å². The van der Waals surface area contributed by atoms with E-state index in [9.17, 15) is 9.59 Å². The molecule has 0 radical (unpaired) electrons. The zero-order valence-corrected chi connectivity index (χ0v) is 25.1. The summed E-state index contributed by atoms with van der Waals surface area (Å²) in [5, 5.41) is 5.02. The number of benzene rings is 4. The van der Waals surface area contributed by atoms with E-state index >= 15 is 0 Å². The Labute approximate surface area is 257 Å². The molecule has 228 valence electrons. The van der Waals surface area contributed by atoms with Crippen molar-refractivity contribution in [2.45, 2.75) is 18.6 Å². The van der Waals surface area contributed by atoms with E-state index in [2.05, 4.69) is 27.2 Å². The molecule has 0 unspecified atom stereocenters. The summed E-state index contributed by atoms with van der Waals surface area (Å²) in [7, 11) is 3.27. The van der Waals surface area contributed by atoms with E-state index < -0.39 is 6.10 Å². The van der Waals surface area contributed by atoms with Gasteiger partial charge in [-0.15, -0.1) is 0 Å². The average Bonchev–Trinajstić information content (AvgIpc) is 3.08. The number of hydrogen-bond donors (Lipinski definition) is 1. The van der Waals surface area contributed by atoms with Crippen LogP contribution >= 0.6 is 0 Å². The first-order chi connectivity index (χ1) is 21.5. The Kier molecular flexibility index (Phi) is 8.84. The van der Waals surface area contributed by atoms with Crippen LogP contribution in [-0.4, -0.2) is 87.4 Å². The van der Waals surface area contributed by atoms with Crippen molar-refractivity contribution in [3.8, 4) is 11.5 Å². The Hall–Kier alpha value is -4.76. The van der Waals surface area contributed by atoms with E-state index in [1.807, 2.05) is 72.8 Å². The highest BCUT2D eigenvalue weighted by Gasteiger charge is 2.39. The molecule has 2 aliphatic heterocycles. The molecule has 9 nitrogen and oxygen atoms in total. The number of esters is 1. The highest BCUT2D eigenvalue weighted by Crippen LogP contribution is 2.27. The zero-order chi connectivity index (χ0) is 30.5. The van der Waals surface area contributed by atoms with Gasteiger partial charge >= 0.3 is 12.0 Å². The van der Waals surface area contributed by atoms with Crippen LogP contribution in [0.15, 0.2) is 91.0 Å². The number of anilines is 2. The number of amides is 2. The Morgan fingerprint density at radius 1 is 0.750 bits per heavy atom. The molecule has 0 aliphatic carbocycles. The van der Waals surface area contributed by atoms with Crippen LogP contribution in [0.5, 0.6) is 11.5 Å². The van der Waals surface area contributed by atoms with Crippen molar-refractivity contribution in [2.24, 2.45) is 0 Å². The van der Waals surface area contributed by atoms with Gasteiger partial charge in [-0.25, -0.2) is 9.59 Å². The zero-order valence-electron chi connectivity index (χ0n) is 25.1. The van der Waals surface area contributed by atoms with Gasteiger partial charge in [0.15, 0.2) is 0 Å². The van der Waals surface area contributed by atoms with Crippen molar-refractivity contribution in [1.29, 1.82) is 0 Å². The normalized spacial score (nSPS) is 19.0. The number of fused-ring (bicyclic) bond motifs is 1. The lowest BCUT2D eigenvalue weighted by Crippen LogP contribution is -2.60. The van der Waals surface area contributed by atoms with Gasteiger partial charge in [-0.05, 0) is 65.7 Å². The SMILES string of the molecule is COc1ccc(N2CCN([C@@H]3CCN(C(=O)Nc4cccc(OC)c4)C[C@H]3OC(=O)c3ccc4ccccc4c3)CC2)cc1. The molecule has 2 aliphatic rings. The predicted octanol–water partition coefficient (Wildman–Crippen LogP) is 5.51. The fourth-order valence-electron chi connectivity index (χ4n) is 6.15. The maximum atomic E-state index is 13.5. The molecule has 2 amide bonds. The van der Waals surface area contributed by atoms with Crippen molar-refractivity contribution in [2.75, 3.05) is 63.7 Å². The lowest BCUT2D eigenvalue weighted by atomic mass is 9.98. The summed E-state index contributed by atoms with van der Waals surface area (Å²) < 4.78 is 16.9. The number of urea groups is 1. The molecule has 0 spiro atoms. The third kappa shape index (κ3) is 6.58. The Balaban J connectivity index is 1.17. The molecular weight excluding hydrogens is 556 g/mol. The minimum absolute atomic E-state index is 0.00158. The molecule has 0 bridgehead atoms. The van der Waals surface area contributed by atoms with E-state index in [1.54, 1.807) is 25.2 Å². The van der Waals surface area contributed by atoms with Crippen molar-refractivity contribution >= 4 is 34.1 Å². The summed E-state index contributed by atoms with van der Waals surface area (Å²) >= 11 is 0. The van der Waals surface area contributed by atoms with Gasteiger partial charge in [-0.3, -0.25) is 4.90 Å². The van der Waals surface area contributed by atoms with Crippen LogP contribution in [0.3, 0.4) is 0 Å². The first kappa shape index (κ1) is 29.3. The van der Waals surface area contributed by atoms with Crippen molar-refractivity contribution in [1.82, 2.24) is 9.80 Å². The standard InChI is InChI=1S/C35H38N4O5/c1-42-30-14-12-29(13-15-30)37-18-20-38(21-19-37)32-16-17-39(35(41)36-28-8-5-9-31(23-28)43-2)24-33(32)44-34(40)27-11-10-25-6-3-4-7-26(25)22-27/h3-15,22-23,32-33H,16-21,24H2,1-2H3,(H,36,41)/t32-,33-/m1/s1. The molecule has 1 N–H and O–H groups in total.